The minimum Gasteiger partial charge on any atom is -0.399 e. The van der Waals surface area contributed by atoms with Gasteiger partial charge in [0.1, 0.15) is 0 Å². The van der Waals surface area contributed by atoms with Crippen molar-refractivity contribution in [1.82, 2.24) is 0 Å². The van der Waals surface area contributed by atoms with Crippen molar-refractivity contribution in [2.24, 2.45) is 0 Å². The van der Waals surface area contributed by atoms with Crippen molar-refractivity contribution in [3.63, 3.8) is 0 Å². The van der Waals surface area contributed by atoms with Crippen LogP contribution in [0.2, 0.25) is 0 Å². The lowest BCUT2D eigenvalue weighted by atomic mass is 9.78. The number of hydrogen-bond acceptors (Lipinski definition) is 2. The van der Waals surface area contributed by atoms with Crippen molar-refractivity contribution in [3.8, 4) is 55.6 Å². The van der Waals surface area contributed by atoms with E-state index in [-0.39, 0.29) is 18.3 Å². The van der Waals surface area contributed by atoms with Crippen LogP contribution in [0.25, 0.3) is 55.6 Å². The Bertz CT molecular complexity index is 1790. The Hall–Kier alpha value is -4.70. The summed E-state index contributed by atoms with van der Waals surface area (Å²) in [6.45, 7) is 8.36. The molecule has 1 saturated heterocycles. The number of benzene rings is 6. The molecule has 6 aromatic carbocycles. The Morgan fingerprint density at radius 2 is 0.600 bits per heavy atom. The molecule has 0 aliphatic carbocycles. The van der Waals surface area contributed by atoms with E-state index < -0.39 is 0 Å². The van der Waals surface area contributed by atoms with Gasteiger partial charge in [0.2, 0.25) is 0 Å². The lowest BCUT2D eigenvalue weighted by Gasteiger charge is -2.32. The van der Waals surface area contributed by atoms with Crippen LogP contribution in [-0.2, 0) is 9.31 Å². The maximum Gasteiger partial charge on any atom is 0.494 e. The van der Waals surface area contributed by atoms with Crippen molar-refractivity contribution in [3.05, 3.63) is 152 Å². The van der Waals surface area contributed by atoms with Crippen molar-refractivity contribution in [1.29, 1.82) is 0 Å². The van der Waals surface area contributed by atoms with Gasteiger partial charge in [-0.25, -0.2) is 0 Å². The Labute approximate surface area is 267 Å². The lowest BCUT2D eigenvalue weighted by molar-refractivity contribution is 0.00578. The van der Waals surface area contributed by atoms with E-state index in [9.17, 15) is 0 Å². The van der Waals surface area contributed by atoms with Gasteiger partial charge in [-0.1, -0.05) is 133 Å². The van der Waals surface area contributed by atoms with E-state index >= 15 is 0 Å². The maximum atomic E-state index is 6.31. The van der Waals surface area contributed by atoms with Crippen molar-refractivity contribution < 1.29 is 9.31 Å². The van der Waals surface area contributed by atoms with E-state index in [1.165, 1.54) is 50.1 Å². The molecule has 3 heteroatoms. The average molecular weight is 585 g/mol. The molecule has 6 aromatic rings. The minimum absolute atomic E-state index is 0.369. The van der Waals surface area contributed by atoms with Crippen molar-refractivity contribution in [2.45, 2.75) is 38.9 Å². The molecule has 0 saturated carbocycles. The molecule has 0 N–H and O–H groups in total. The third kappa shape index (κ3) is 5.90. The minimum atomic E-state index is -0.378. The van der Waals surface area contributed by atoms with Gasteiger partial charge in [0, 0.05) is 0 Å². The number of hydrogen-bond donors (Lipinski definition) is 0. The predicted molar refractivity (Wildman–Crippen MR) is 189 cm³/mol. The van der Waals surface area contributed by atoms with Gasteiger partial charge in [-0.15, -0.1) is 0 Å². The molecule has 2 nitrogen and oxygen atoms in total. The molecule has 1 heterocycles. The second kappa shape index (κ2) is 11.7. The van der Waals surface area contributed by atoms with E-state index in [1.54, 1.807) is 0 Å². The Morgan fingerprint density at radius 1 is 0.333 bits per heavy atom. The summed E-state index contributed by atoms with van der Waals surface area (Å²) in [5, 5.41) is 0. The molecular formula is C42H37BO2. The van der Waals surface area contributed by atoms with Gasteiger partial charge < -0.3 is 9.31 Å². The van der Waals surface area contributed by atoms with Crippen LogP contribution in [0.3, 0.4) is 0 Å². The van der Waals surface area contributed by atoms with E-state index in [0.717, 1.165) is 11.0 Å². The van der Waals surface area contributed by atoms with Crippen LogP contribution in [0.5, 0.6) is 0 Å². The molecular weight excluding hydrogens is 547 g/mol. The van der Waals surface area contributed by atoms with Crippen LogP contribution < -0.4 is 5.46 Å². The fourth-order valence-corrected chi connectivity index (χ4v) is 5.91. The average Bonchev–Trinajstić information content (AvgIpc) is 3.31. The van der Waals surface area contributed by atoms with Crippen LogP contribution in [0.1, 0.15) is 27.7 Å². The van der Waals surface area contributed by atoms with Gasteiger partial charge in [0.05, 0.1) is 11.2 Å². The summed E-state index contributed by atoms with van der Waals surface area (Å²) in [6, 6.07) is 54.3. The zero-order valence-electron chi connectivity index (χ0n) is 26.3. The van der Waals surface area contributed by atoms with Gasteiger partial charge >= 0.3 is 7.12 Å². The molecule has 0 unspecified atom stereocenters. The SMILES string of the molecule is CC1(C)OB(c2ccc(-c3cc(-c4ccc(-c5ccccc5)cc4)cc(-c4ccc(-c5ccccc5)cc4)c3)cc2)OC1(C)C. The fourth-order valence-electron chi connectivity index (χ4n) is 5.91. The lowest BCUT2D eigenvalue weighted by Crippen LogP contribution is -2.41. The molecule has 7 rings (SSSR count). The molecule has 0 aromatic heterocycles. The summed E-state index contributed by atoms with van der Waals surface area (Å²) >= 11 is 0. The van der Waals surface area contributed by atoms with Crippen LogP contribution >= 0.6 is 0 Å². The van der Waals surface area contributed by atoms with Gasteiger partial charge in [-0.3, -0.25) is 0 Å². The van der Waals surface area contributed by atoms with E-state index in [0.29, 0.717) is 0 Å². The van der Waals surface area contributed by atoms with E-state index in [1.807, 2.05) is 0 Å². The highest BCUT2D eigenvalue weighted by molar-refractivity contribution is 6.62. The smallest absolute Gasteiger partial charge is 0.399 e. The third-order valence-corrected chi connectivity index (χ3v) is 9.35. The first-order valence-corrected chi connectivity index (χ1v) is 15.7. The number of rotatable bonds is 6. The molecule has 0 radical (unpaired) electrons. The predicted octanol–water partition coefficient (Wildman–Crippen LogP) is 10.3. The molecule has 0 atom stereocenters. The summed E-state index contributed by atoms with van der Waals surface area (Å²) in [7, 11) is -0.378. The van der Waals surface area contributed by atoms with Crippen molar-refractivity contribution >= 4 is 12.6 Å². The Kier molecular flexibility index (Phi) is 7.53. The standard InChI is InChI=1S/C42H37BO2/c1-41(2)42(3,4)45-43(44-41)40-25-23-36(24-26-40)39-28-37(34-19-15-32(16-20-34)30-11-7-5-8-12-30)27-38(29-39)35-21-17-33(18-22-35)31-13-9-6-10-14-31/h5-29H,1-4H3. The Morgan fingerprint density at radius 3 is 0.933 bits per heavy atom. The third-order valence-electron chi connectivity index (χ3n) is 9.35. The molecule has 0 spiro atoms. The molecule has 0 bridgehead atoms. The molecule has 1 aliphatic heterocycles. The summed E-state index contributed by atoms with van der Waals surface area (Å²) in [6.07, 6.45) is 0. The first kappa shape index (κ1) is 29.0. The quantitative estimate of drug-likeness (QED) is 0.181. The van der Waals surface area contributed by atoms with Crippen LogP contribution in [0.4, 0.5) is 0 Å². The second-order valence-corrected chi connectivity index (χ2v) is 12.9. The molecule has 1 fully saturated rings. The summed E-state index contributed by atoms with van der Waals surface area (Å²) in [5.74, 6) is 0. The van der Waals surface area contributed by atoms with Crippen LogP contribution in [0, 0.1) is 0 Å². The zero-order valence-corrected chi connectivity index (χ0v) is 26.3. The summed E-state index contributed by atoms with van der Waals surface area (Å²) in [4.78, 5) is 0. The van der Waals surface area contributed by atoms with Gasteiger partial charge in [0.25, 0.3) is 0 Å². The first-order valence-electron chi connectivity index (χ1n) is 15.7. The highest BCUT2D eigenvalue weighted by Crippen LogP contribution is 2.37. The summed E-state index contributed by atoms with van der Waals surface area (Å²) in [5.41, 5.74) is 12.2. The highest BCUT2D eigenvalue weighted by atomic mass is 16.7. The summed E-state index contributed by atoms with van der Waals surface area (Å²) < 4.78 is 12.6. The van der Waals surface area contributed by atoms with Gasteiger partial charge in [0.15, 0.2) is 0 Å². The zero-order chi connectivity index (χ0) is 31.0. The fraction of sp³-hybridized carbons (Fsp3) is 0.143. The van der Waals surface area contributed by atoms with Crippen molar-refractivity contribution in [2.75, 3.05) is 0 Å². The van der Waals surface area contributed by atoms with E-state index in [4.69, 9.17) is 9.31 Å². The van der Waals surface area contributed by atoms with Crippen LogP contribution in [0.15, 0.2) is 152 Å². The van der Waals surface area contributed by atoms with Gasteiger partial charge in [-0.2, -0.15) is 0 Å². The second-order valence-electron chi connectivity index (χ2n) is 12.9. The molecule has 0 amide bonds. The largest absolute Gasteiger partial charge is 0.494 e. The monoisotopic (exact) mass is 584 g/mol. The highest BCUT2D eigenvalue weighted by Gasteiger charge is 2.51. The van der Waals surface area contributed by atoms with Gasteiger partial charge in [-0.05, 0) is 107 Å². The normalized spacial score (nSPS) is 15.2. The topological polar surface area (TPSA) is 18.5 Å². The van der Waals surface area contributed by atoms with E-state index in [2.05, 4.69) is 179 Å². The molecule has 45 heavy (non-hydrogen) atoms. The first-order chi connectivity index (χ1) is 21.8. The van der Waals surface area contributed by atoms with Crippen LogP contribution in [-0.4, -0.2) is 18.3 Å². The molecule has 1 aliphatic rings. The maximum absolute atomic E-state index is 6.31. The molecule has 220 valence electrons. The Balaban J connectivity index is 1.25.